The molecule has 0 fully saturated rings. The molecule has 5 heteroatoms. The van der Waals surface area contributed by atoms with E-state index in [4.69, 9.17) is 21.4 Å². The Morgan fingerprint density at radius 1 is 1.30 bits per heavy atom. The number of aromatic carboxylic acids is 1. The second-order valence-electron chi connectivity index (χ2n) is 4.31. The summed E-state index contributed by atoms with van der Waals surface area (Å²) in [5, 5.41) is 9.19. The molecule has 0 aliphatic rings. The lowest BCUT2D eigenvalue weighted by Crippen LogP contribution is -2.01. The summed E-state index contributed by atoms with van der Waals surface area (Å²) in [6.45, 7) is 1.79. The molecular formula is C15H12ClFO3. The van der Waals surface area contributed by atoms with Gasteiger partial charge in [0.25, 0.3) is 0 Å². The molecule has 0 saturated heterocycles. The van der Waals surface area contributed by atoms with E-state index in [1.807, 2.05) is 0 Å². The fourth-order valence-electron chi connectivity index (χ4n) is 1.74. The van der Waals surface area contributed by atoms with Crippen LogP contribution in [0.1, 0.15) is 21.5 Å². The largest absolute Gasteiger partial charge is 0.489 e. The quantitative estimate of drug-likeness (QED) is 0.925. The molecule has 0 radical (unpaired) electrons. The maximum absolute atomic E-state index is 13.6. The van der Waals surface area contributed by atoms with E-state index in [0.717, 1.165) is 0 Å². The highest BCUT2D eigenvalue weighted by molar-refractivity contribution is 6.30. The van der Waals surface area contributed by atoms with E-state index >= 15 is 0 Å². The average molecular weight is 295 g/mol. The van der Waals surface area contributed by atoms with E-state index in [1.54, 1.807) is 25.1 Å². The zero-order valence-corrected chi connectivity index (χ0v) is 11.4. The molecule has 0 spiro atoms. The van der Waals surface area contributed by atoms with Crippen LogP contribution in [0.5, 0.6) is 5.75 Å². The summed E-state index contributed by atoms with van der Waals surface area (Å²) >= 11 is 5.67. The molecule has 0 amide bonds. The Kier molecular flexibility index (Phi) is 4.25. The highest BCUT2D eigenvalue weighted by atomic mass is 35.5. The summed E-state index contributed by atoms with van der Waals surface area (Å²) in [5.74, 6) is -0.912. The molecule has 0 unspecified atom stereocenters. The van der Waals surface area contributed by atoms with Gasteiger partial charge in [-0.2, -0.15) is 0 Å². The Morgan fingerprint density at radius 2 is 2.05 bits per heavy atom. The van der Waals surface area contributed by atoms with Crippen LogP contribution in [0.2, 0.25) is 5.02 Å². The highest BCUT2D eigenvalue weighted by Gasteiger charge is 2.08. The summed E-state index contributed by atoms with van der Waals surface area (Å²) in [6.07, 6.45) is 0. The minimum absolute atomic E-state index is 0.0518. The molecule has 0 saturated carbocycles. The molecule has 3 nitrogen and oxygen atoms in total. The van der Waals surface area contributed by atoms with Crippen molar-refractivity contribution in [2.75, 3.05) is 0 Å². The first kappa shape index (κ1) is 14.3. The second-order valence-corrected chi connectivity index (χ2v) is 4.75. The summed E-state index contributed by atoms with van der Waals surface area (Å²) in [7, 11) is 0. The minimum Gasteiger partial charge on any atom is -0.489 e. The fraction of sp³-hybridized carbons (Fsp3) is 0.133. The predicted octanol–water partition coefficient (Wildman–Crippen LogP) is 4.06. The normalized spacial score (nSPS) is 10.3. The summed E-state index contributed by atoms with van der Waals surface area (Å²) in [4.78, 5) is 10.8. The van der Waals surface area contributed by atoms with Crippen molar-refractivity contribution >= 4 is 17.6 Å². The van der Waals surface area contributed by atoms with Crippen molar-refractivity contribution in [3.05, 3.63) is 63.9 Å². The van der Waals surface area contributed by atoms with E-state index in [-0.39, 0.29) is 12.2 Å². The Balaban J connectivity index is 2.13. The van der Waals surface area contributed by atoms with Crippen LogP contribution in [-0.4, -0.2) is 11.1 Å². The van der Waals surface area contributed by atoms with Crippen LogP contribution in [-0.2, 0) is 6.61 Å². The Hall–Kier alpha value is -2.07. The van der Waals surface area contributed by atoms with E-state index in [1.165, 1.54) is 18.2 Å². The monoisotopic (exact) mass is 294 g/mol. The van der Waals surface area contributed by atoms with Gasteiger partial charge in [-0.1, -0.05) is 17.7 Å². The van der Waals surface area contributed by atoms with Crippen LogP contribution in [0.15, 0.2) is 36.4 Å². The zero-order valence-electron chi connectivity index (χ0n) is 10.7. The predicted molar refractivity (Wildman–Crippen MR) is 73.9 cm³/mol. The van der Waals surface area contributed by atoms with Crippen molar-refractivity contribution in [3.63, 3.8) is 0 Å². The Morgan fingerprint density at radius 3 is 2.65 bits per heavy atom. The number of carbonyl (C=O) groups is 1. The molecule has 2 aromatic carbocycles. The number of halogens is 2. The van der Waals surface area contributed by atoms with Gasteiger partial charge in [0.15, 0.2) is 0 Å². The van der Waals surface area contributed by atoms with Crippen LogP contribution >= 0.6 is 11.6 Å². The van der Waals surface area contributed by atoms with Gasteiger partial charge in [0.1, 0.15) is 18.2 Å². The first-order valence-corrected chi connectivity index (χ1v) is 6.26. The topological polar surface area (TPSA) is 46.5 Å². The molecule has 0 atom stereocenters. The molecule has 0 bridgehead atoms. The number of carboxylic acid groups (broad SMARTS) is 1. The number of ether oxygens (including phenoxy) is 1. The standard InChI is InChI=1S/C15H12ClFO3/c1-9-6-10(15(18)19)3-5-14(9)20-8-11-2-4-12(16)7-13(11)17/h2-7H,8H2,1H3,(H,18,19). The van der Waals surface area contributed by atoms with E-state index in [0.29, 0.717) is 21.9 Å². The van der Waals surface area contributed by atoms with Gasteiger partial charge in [0, 0.05) is 10.6 Å². The van der Waals surface area contributed by atoms with E-state index in [9.17, 15) is 9.18 Å². The third kappa shape index (κ3) is 3.27. The zero-order chi connectivity index (χ0) is 14.7. The molecule has 0 heterocycles. The Bertz CT molecular complexity index is 656. The molecule has 1 N–H and O–H groups in total. The second kappa shape index (κ2) is 5.92. The lowest BCUT2D eigenvalue weighted by molar-refractivity contribution is 0.0696. The third-order valence-electron chi connectivity index (χ3n) is 2.82. The molecule has 2 rings (SSSR count). The first-order chi connectivity index (χ1) is 9.47. The SMILES string of the molecule is Cc1cc(C(=O)O)ccc1OCc1ccc(Cl)cc1F. The van der Waals surface area contributed by atoms with Gasteiger partial charge in [-0.25, -0.2) is 9.18 Å². The number of hydrogen-bond acceptors (Lipinski definition) is 2. The summed E-state index contributed by atoms with van der Waals surface area (Å²) < 4.78 is 19.1. The van der Waals surface area contributed by atoms with Crippen molar-refractivity contribution in [1.29, 1.82) is 0 Å². The summed E-state index contributed by atoms with van der Waals surface area (Å²) in [6, 6.07) is 8.88. The highest BCUT2D eigenvalue weighted by Crippen LogP contribution is 2.22. The number of aryl methyl sites for hydroxylation is 1. The van der Waals surface area contributed by atoms with E-state index < -0.39 is 11.8 Å². The number of rotatable bonds is 4. The third-order valence-corrected chi connectivity index (χ3v) is 3.06. The van der Waals surface area contributed by atoms with Crippen LogP contribution < -0.4 is 4.74 Å². The molecule has 20 heavy (non-hydrogen) atoms. The maximum atomic E-state index is 13.6. The minimum atomic E-state index is -0.997. The van der Waals surface area contributed by atoms with Crippen LogP contribution in [0.4, 0.5) is 4.39 Å². The first-order valence-electron chi connectivity index (χ1n) is 5.88. The molecule has 2 aromatic rings. The lowest BCUT2D eigenvalue weighted by atomic mass is 10.1. The maximum Gasteiger partial charge on any atom is 0.335 e. The molecular weight excluding hydrogens is 283 g/mol. The van der Waals surface area contributed by atoms with Crippen molar-refractivity contribution < 1.29 is 19.0 Å². The van der Waals surface area contributed by atoms with Gasteiger partial charge < -0.3 is 9.84 Å². The van der Waals surface area contributed by atoms with E-state index in [2.05, 4.69) is 0 Å². The fourth-order valence-corrected chi connectivity index (χ4v) is 1.90. The van der Waals surface area contributed by atoms with Crippen molar-refractivity contribution in [1.82, 2.24) is 0 Å². The number of benzene rings is 2. The average Bonchev–Trinajstić information content (AvgIpc) is 2.38. The van der Waals surface area contributed by atoms with Crippen LogP contribution in [0.3, 0.4) is 0 Å². The van der Waals surface area contributed by atoms with Gasteiger partial charge in [0.05, 0.1) is 5.56 Å². The molecule has 0 aromatic heterocycles. The summed E-state index contributed by atoms with van der Waals surface area (Å²) in [5.41, 5.74) is 1.25. The Labute approximate surface area is 120 Å². The molecule has 0 aliphatic carbocycles. The van der Waals surface area contributed by atoms with Gasteiger partial charge >= 0.3 is 5.97 Å². The van der Waals surface area contributed by atoms with Crippen molar-refractivity contribution in [2.45, 2.75) is 13.5 Å². The van der Waals surface area contributed by atoms with Gasteiger partial charge in [-0.15, -0.1) is 0 Å². The molecule has 0 aliphatic heterocycles. The van der Waals surface area contributed by atoms with Gasteiger partial charge in [-0.05, 0) is 42.8 Å². The lowest BCUT2D eigenvalue weighted by Gasteiger charge is -2.10. The number of carboxylic acids is 1. The smallest absolute Gasteiger partial charge is 0.335 e. The van der Waals surface area contributed by atoms with Crippen LogP contribution in [0, 0.1) is 12.7 Å². The van der Waals surface area contributed by atoms with Gasteiger partial charge in [0.2, 0.25) is 0 Å². The van der Waals surface area contributed by atoms with Gasteiger partial charge in [-0.3, -0.25) is 0 Å². The van der Waals surface area contributed by atoms with Crippen LogP contribution in [0.25, 0.3) is 0 Å². The number of hydrogen-bond donors (Lipinski definition) is 1. The molecule has 104 valence electrons. The van der Waals surface area contributed by atoms with Crippen molar-refractivity contribution in [3.8, 4) is 5.75 Å². The van der Waals surface area contributed by atoms with Crippen molar-refractivity contribution in [2.24, 2.45) is 0 Å².